The Morgan fingerprint density at radius 1 is 1.15 bits per heavy atom. The Kier molecular flexibility index (Phi) is 5.51. The van der Waals surface area contributed by atoms with Crippen molar-refractivity contribution in [3.05, 3.63) is 0 Å². The highest BCUT2D eigenvalue weighted by atomic mass is 79.9. The molecule has 1 aliphatic carbocycles. The minimum Gasteiger partial charge on any atom is -0.354 e. The van der Waals surface area contributed by atoms with Crippen LogP contribution in [0.25, 0.3) is 0 Å². The maximum absolute atomic E-state index is 12.2. The Bertz CT molecular complexity index is 443. The summed E-state index contributed by atoms with van der Waals surface area (Å²) in [6.07, 6.45) is 7.88. The van der Waals surface area contributed by atoms with Crippen molar-refractivity contribution >= 4 is 31.7 Å². The number of nitrogens with one attached hydrogen (secondary N) is 1. The van der Waals surface area contributed by atoms with Gasteiger partial charge in [0.15, 0.2) is 9.84 Å². The number of hydrogen-bond acceptors (Lipinski definition) is 3. The number of carbonyl (C=O) groups excluding carboxylic acids is 1. The van der Waals surface area contributed by atoms with Gasteiger partial charge in [-0.15, -0.1) is 0 Å². The van der Waals surface area contributed by atoms with Crippen molar-refractivity contribution in [1.29, 1.82) is 0 Å². The molecule has 1 unspecified atom stereocenters. The molecule has 0 aromatic carbocycles. The van der Waals surface area contributed by atoms with E-state index in [0.717, 1.165) is 24.6 Å². The molecule has 4 nitrogen and oxygen atoms in total. The van der Waals surface area contributed by atoms with E-state index in [1.54, 1.807) is 0 Å². The van der Waals surface area contributed by atoms with Gasteiger partial charge in [-0.05, 0) is 31.1 Å². The topological polar surface area (TPSA) is 63.2 Å². The third-order valence-corrected chi connectivity index (χ3v) is 8.07. The van der Waals surface area contributed by atoms with Gasteiger partial charge in [-0.3, -0.25) is 4.79 Å². The lowest BCUT2D eigenvalue weighted by molar-refractivity contribution is -0.121. The fraction of sp³-hybridized carbons (Fsp3) is 0.929. The zero-order chi connectivity index (χ0) is 14.6. The summed E-state index contributed by atoms with van der Waals surface area (Å²) < 4.78 is 23.9. The number of sulfone groups is 1. The molecule has 6 heteroatoms. The molecule has 0 radical (unpaired) electrons. The van der Waals surface area contributed by atoms with E-state index in [2.05, 4.69) is 21.2 Å². The highest BCUT2D eigenvalue weighted by Crippen LogP contribution is 2.37. The minimum absolute atomic E-state index is 0.117. The lowest BCUT2D eigenvalue weighted by Gasteiger charge is -2.36. The van der Waals surface area contributed by atoms with Gasteiger partial charge in [0.05, 0.1) is 5.75 Å². The molecule has 0 bridgehead atoms. The molecule has 2 rings (SSSR count). The molecule has 0 aromatic heterocycles. The lowest BCUT2D eigenvalue weighted by Crippen LogP contribution is -2.47. The van der Waals surface area contributed by atoms with Gasteiger partial charge in [0.25, 0.3) is 0 Å². The highest BCUT2D eigenvalue weighted by molar-refractivity contribution is 9.09. The Hall–Kier alpha value is -0.100. The number of alkyl halides is 1. The lowest BCUT2D eigenvalue weighted by atomic mass is 9.75. The van der Waals surface area contributed by atoms with Crippen LogP contribution >= 0.6 is 15.9 Å². The van der Waals surface area contributed by atoms with Gasteiger partial charge < -0.3 is 5.32 Å². The minimum atomic E-state index is -3.23. The van der Waals surface area contributed by atoms with E-state index in [1.165, 1.54) is 19.3 Å². The summed E-state index contributed by atoms with van der Waals surface area (Å²) in [7, 11) is -3.23. The van der Waals surface area contributed by atoms with Crippen molar-refractivity contribution in [1.82, 2.24) is 5.32 Å². The van der Waals surface area contributed by atoms with Crippen LogP contribution in [0.1, 0.15) is 51.4 Å². The molecule has 116 valence electrons. The van der Waals surface area contributed by atoms with E-state index in [1.807, 2.05) is 0 Å². The summed E-state index contributed by atoms with van der Waals surface area (Å²) in [5.41, 5.74) is 0.117. The molecule has 1 saturated carbocycles. The second-order valence-corrected chi connectivity index (χ2v) is 9.13. The number of carbonyl (C=O) groups is 1. The molecule has 1 saturated heterocycles. The third kappa shape index (κ3) is 3.75. The Morgan fingerprint density at radius 3 is 2.45 bits per heavy atom. The predicted octanol–water partition coefficient (Wildman–Crippen LogP) is 2.42. The Balaban J connectivity index is 1.94. The van der Waals surface area contributed by atoms with Crippen LogP contribution in [0, 0.1) is 5.41 Å². The number of hydrogen-bond donors (Lipinski definition) is 1. The second-order valence-electron chi connectivity index (χ2n) is 6.26. The van der Waals surface area contributed by atoms with E-state index in [4.69, 9.17) is 0 Å². The van der Waals surface area contributed by atoms with Gasteiger partial charge in [-0.2, -0.15) is 0 Å². The van der Waals surface area contributed by atoms with Crippen molar-refractivity contribution in [2.24, 2.45) is 5.41 Å². The van der Waals surface area contributed by atoms with Crippen LogP contribution < -0.4 is 5.32 Å². The van der Waals surface area contributed by atoms with Crippen molar-refractivity contribution in [2.45, 2.75) is 56.6 Å². The molecule has 1 aliphatic heterocycles. The van der Waals surface area contributed by atoms with Crippen LogP contribution in [0.5, 0.6) is 0 Å². The van der Waals surface area contributed by atoms with Crippen molar-refractivity contribution in [3.63, 3.8) is 0 Å². The van der Waals surface area contributed by atoms with Gasteiger partial charge in [0.1, 0.15) is 5.25 Å². The largest absolute Gasteiger partial charge is 0.354 e. The first-order valence-electron chi connectivity index (χ1n) is 7.54. The molecule has 0 spiro atoms. The first-order chi connectivity index (χ1) is 9.49. The Morgan fingerprint density at radius 2 is 1.85 bits per heavy atom. The molecule has 1 N–H and O–H groups in total. The number of halogens is 1. The molecule has 2 fully saturated rings. The molecule has 1 amide bonds. The van der Waals surface area contributed by atoms with Gasteiger partial charge in [0.2, 0.25) is 5.91 Å². The van der Waals surface area contributed by atoms with Gasteiger partial charge in [-0.1, -0.05) is 41.6 Å². The van der Waals surface area contributed by atoms with Crippen molar-refractivity contribution in [2.75, 3.05) is 17.6 Å². The second kappa shape index (κ2) is 6.77. The number of amides is 1. The smallest absolute Gasteiger partial charge is 0.238 e. The average Bonchev–Trinajstić information content (AvgIpc) is 2.45. The average molecular weight is 366 g/mol. The summed E-state index contributed by atoms with van der Waals surface area (Å²) in [5.74, 6) is -0.120. The van der Waals surface area contributed by atoms with Crippen LogP contribution in [0.15, 0.2) is 0 Å². The van der Waals surface area contributed by atoms with Gasteiger partial charge in [0, 0.05) is 11.9 Å². The molecular weight excluding hydrogens is 342 g/mol. The maximum atomic E-state index is 12.2. The maximum Gasteiger partial charge on any atom is 0.238 e. The van der Waals surface area contributed by atoms with E-state index in [0.29, 0.717) is 19.4 Å². The fourth-order valence-corrected chi connectivity index (χ4v) is 5.88. The zero-order valence-corrected chi connectivity index (χ0v) is 14.3. The predicted molar refractivity (Wildman–Crippen MR) is 83.7 cm³/mol. The SMILES string of the molecule is O=C(NCC1(CBr)CCCCC1)C1CCCCS1(=O)=O. The molecule has 1 atom stereocenters. The van der Waals surface area contributed by atoms with Crippen LogP contribution in [0.2, 0.25) is 0 Å². The standard InChI is InChI=1S/C14H24BrNO3S/c15-10-14(7-3-1-4-8-14)11-16-13(17)12-6-2-5-9-20(12,18)19/h12H,1-11H2,(H,16,17). The summed E-state index contributed by atoms with van der Waals surface area (Å²) in [6.45, 7) is 0.600. The van der Waals surface area contributed by atoms with E-state index in [9.17, 15) is 13.2 Å². The first-order valence-corrected chi connectivity index (χ1v) is 10.4. The van der Waals surface area contributed by atoms with Crippen LogP contribution in [0.3, 0.4) is 0 Å². The zero-order valence-electron chi connectivity index (χ0n) is 11.9. The summed E-state index contributed by atoms with van der Waals surface area (Å²) in [6, 6.07) is 0. The van der Waals surface area contributed by atoms with Crippen molar-refractivity contribution < 1.29 is 13.2 Å². The van der Waals surface area contributed by atoms with Gasteiger partial charge >= 0.3 is 0 Å². The van der Waals surface area contributed by atoms with E-state index >= 15 is 0 Å². The molecule has 1 heterocycles. The van der Waals surface area contributed by atoms with E-state index in [-0.39, 0.29) is 17.1 Å². The first kappa shape index (κ1) is 16.3. The van der Waals surface area contributed by atoms with Crippen LogP contribution in [-0.2, 0) is 14.6 Å². The summed E-state index contributed by atoms with van der Waals surface area (Å²) in [4.78, 5) is 12.2. The monoisotopic (exact) mass is 365 g/mol. The molecule has 2 aliphatic rings. The quantitative estimate of drug-likeness (QED) is 0.778. The van der Waals surface area contributed by atoms with Gasteiger partial charge in [-0.25, -0.2) is 8.42 Å². The molecule has 0 aromatic rings. The normalized spacial score (nSPS) is 28.8. The third-order valence-electron chi connectivity index (χ3n) is 4.71. The summed E-state index contributed by atoms with van der Waals surface area (Å²) >= 11 is 3.57. The summed E-state index contributed by atoms with van der Waals surface area (Å²) in [5, 5.41) is 2.98. The number of rotatable bonds is 4. The van der Waals surface area contributed by atoms with Crippen LogP contribution in [0.4, 0.5) is 0 Å². The highest BCUT2D eigenvalue weighted by Gasteiger charge is 2.37. The fourth-order valence-electron chi connectivity index (χ4n) is 3.30. The Labute approximate surface area is 130 Å². The molecular formula is C14H24BrNO3S. The van der Waals surface area contributed by atoms with Crippen molar-refractivity contribution in [3.8, 4) is 0 Å². The van der Waals surface area contributed by atoms with Crippen LogP contribution in [-0.4, -0.2) is 37.2 Å². The molecule has 20 heavy (non-hydrogen) atoms. The van der Waals surface area contributed by atoms with E-state index < -0.39 is 15.1 Å².